The fourth-order valence-electron chi connectivity index (χ4n) is 1.92. The van der Waals surface area contributed by atoms with E-state index in [1.807, 2.05) is 49.1 Å². The van der Waals surface area contributed by atoms with Gasteiger partial charge in [0.15, 0.2) is 5.82 Å². The van der Waals surface area contributed by atoms with Crippen LogP contribution in [0, 0.1) is 13.8 Å². The third-order valence-corrected chi connectivity index (χ3v) is 3.24. The van der Waals surface area contributed by atoms with Gasteiger partial charge in [-0.3, -0.25) is 4.98 Å². The molecule has 1 aromatic heterocycles. The number of benzene rings is 1. The maximum atomic E-state index is 8.69. The molecule has 0 saturated carbocycles. The second-order valence-electron chi connectivity index (χ2n) is 4.73. The molecule has 1 aromatic carbocycles. The molecule has 110 valence electrons. The van der Waals surface area contributed by atoms with Crippen LogP contribution in [-0.4, -0.2) is 27.6 Å². The molecule has 0 bridgehead atoms. The minimum Gasteiger partial charge on any atom is -0.409 e. The Bertz CT molecular complexity index is 627. The SMILES string of the molecule is Cc1ncc(N(CC/C(N)=N/O)c2ccccc2)nc1C. The Morgan fingerprint density at radius 2 is 1.95 bits per heavy atom. The van der Waals surface area contributed by atoms with Crippen LogP contribution < -0.4 is 10.6 Å². The minimum absolute atomic E-state index is 0.188. The Labute approximate surface area is 123 Å². The van der Waals surface area contributed by atoms with Gasteiger partial charge in [0.05, 0.1) is 17.6 Å². The van der Waals surface area contributed by atoms with Crippen molar-refractivity contribution < 1.29 is 5.21 Å². The van der Waals surface area contributed by atoms with Crippen molar-refractivity contribution in [3.05, 3.63) is 47.9 Å². The Kier molecular flexibility index (Phi) is 4.71. The molecule has 0 aliphatic carbocycles. The maximum Gasteiger partial charge on any atom is 0.151 e. The Balaban J connectivity index is 2.33. The number of hydrogen-bond donors (Lipinski definition) is 2. The number of hydrogen-bond acceptors (Lipinski definition) is 5. The topological polar surface area (TPSA) is 87.6 Å². The quantitative estimate of drug-likeness (QED) is 0.381. The van der Waals surface area contributed by atoms with E-state index in [0.717, 1.165) is 22.9 Å². The fourth-order valence-corrected chi connectivity index (χ4v) is 1.92. The summed E-state index contributed by atoms with van der Waals surface area (Å²) in [5.74, 6) is 0.933. The molecule has 1 heterocycles. The van der Waals surface area contributed by atoms with Gasteiger partial charge < -0.3 is 15.8 Å². The highest BCUT2D eigenvalue weighted by Gasteiger charge is 2.12. The second-order valence-corrected chi connectivity index (χ2v) is 4.73. The Morgan fingerprint density at radius 3 is 2.57 bits per heavy atom. The molecule has 6 nitrogen and oxygen atoms in total. The fraction of sp³-hybridized carbons (Fsp3) is 0.267. The van der Waals surface area contributed by atoms with Crippen molar-refractivity contribution in [2.24, 2.45) is 10.9 Å². The number of nitrogens with two attached hydrogens (primary N) is 1. The van der Waals surface area contributed by atoms with Crippen LogP contribution in [0.4, 0.5) is 11.5 Å². The van der Waals surface area contributed by atoms with Crippen LogP contribution >= 0.6 is 0 Å². The Morgan fingerprint density at radius 1 is 1.24 bits per heavy atom. The first-order valence-corrected chi connectivity index (χ1v) is 6.71. The zero-order valence-corrected chi connectivity index (χ0v) is 12.2. The van der Waals surface area contributed by atoms with Gasteiger partial charge in [0.2, 0.25) is 0 Å². The molecule has 3 N–H and O–H groups in total. The average molecular weight is 285 g/mol. The van der Waals surface area contributed by atoms with Gasteiger partial charge in [-0.25, -0.2) is 4.98 Å². The van der Waals surface area contributed by atoms with Crippen LogP contribution in [0.15, 0.2) is 41.7 Å². The van der Waals surface area contributed by atoms with Crippen molar-refractivity contribution in [2.45, 2.75) is 20.3 Å². The predicted octanol–water partition coefficient (Wildman–Crippen LogP) is 2.37. The van der Waals surface area contributed by atoms with E-state index in [9.17, 15) is 0 Å². The van der Waals surface area contributed by atoms with E-state index in [1.165, 1.54) is 0 Å². The summed E-state index contributed by atoms with van der Waals surface area (Å²) >= 11 is 0. The van der Waals surface area contributed by atoms with Crippen molar-refractivity contribution in [3.63, 3.8) is 0 Å². The molecule has 0 amide bonds. The lowest BCUT2D eigenvalue weighted by Crippen LogP contribution is -2.25. The summed E-state index contributed by atoms with van der Waals surface area (Å²) in [5.41, 5.74) is 8.35. The molecular weight excluding hydrogens is 266 g/mol. The van der Waals surface area contributed by atoms with Crippen molar-refractivity contribution in [1.82, 2.24) is 9.97 Å². The molecule has 6 heteroatoms. The van der Waals surface area contributed by atoms with Gasteiger partial charge in [0.25, 0.3) is 0 Å². The minimum atomic E-state index is 0.188. The van der Waals surface area contributed by atoms with E-state index in [-0.39, 0.29) is 5.84 Å². The molecule has 0 radical (unpaired) electrons. The number of rotatable bonds is 5. The molecule has 21 heavy (non-hydrogen) atoms. The molecule has 0 saturated heterocycles. The van der Waals surface area contributed by atoms with E-state index < -0.39 is 0 Å². The van der Waals surface area contributed by atoms with E-state index in [4.69, 9.17) is 10.9 Å². The van der Waals surface area contributed by atoms with Gasteiger partial charge in [-0.15, -0.1) is 0 Å². The monoisotopic (exact) mass is 285 g/mol. The summed E-state index contributed by atoms with van der Waals surface area (Å²) in [6, 6.07) is 9.85. The van der Waals surface area contributed by atoms with E-state index >= 15 is 0 Å². The van der Waals surface area contributed by atoms with Gasteiger partial charge in [-0.2, -0.15) is 0 Å². The lowest BCUT2D eigenvalue weighted by Gasteiger charge is -2.23. The largest absolute Gasteiger partial charge is 0.409 e. The smallest absolute Gasteiger partial charge is 0.151 e. The van der Waals surface area contributed by atoms with E-state index in [1.54, 1.807) is 6.20 Å². The lowest BCUT2D eigenvalue weighted by molar-refractivity contribution is 0.317. The van der Waals surface area contributed by atoms with Crippen LogP contribution in [0.3, 0.4) is 0 Å². The molecule has 0 aliphatic rings. The molecule has 0 aliphatic heterocycles. The molecular formula is C15H19N5O. The van der Waals surface area contributed by atoms with Crippen molar-refractivity contribution in [3.8, 4) is 0 Å². The third-order valence-electron chi connectivity index (χ3n) is 3.24. The number of nitrogens with zero attached hydrogens (tertiary/aromatic N) is 4. The van der Waals surface area contributed by atoms with Crippen LogP contribution in [0.2, 0.25) is 0 Å². The predicted molar refractivity (Wildman–Crippen MR) is 83.0 cm³/mol. The summed E-state index contributed by atoms with van der Waals surface area (Å²) < 4.78 is 0. The van der Waals surface area contributed by atoms with Gasteiger partial charge in [0, 0.05) is 18.7 Å². The zero-order valence-electron chi connectivity index (χ0n) is 12.2. The van der Waals surface area contributed by atoms with Crippen molar-refractivity contribution >= 4 is 17.3 Å². The lowest BCUT2D eigenvalue weighted by atomic mass is 10.2. The standard InChI is InChI=1S/C15H19N5O/c1-11-12(2)18-15(10-17-11)20(9-8-14(16)19-21)13-6-4-3-5-7-13/h3-7,10,21H,8-9H2,1-2H3,(H2,16,19). The van der Waals surface area contributed by atoms with Crippen LogP contribution in [0.5, 0.6) is 0 Å². The highest BCUT2D eigenvalue weighted by atomic mass is 16.4. The number of aromatic nitrogens is 2. The summed E-state index contributed by atoms with van der Waals surface area (Å²) in [6.45, 7) is 4.41. The highest BCUT2D eigenvalue weighted by Crippen LogP contribution is 2.23. The molecule has 0 spiro atoms. The first-order valence-electron chi connectivity index (χ1n) is 6.71. The average Bonchev–Trinajstić information content (AvgIpc) is 2.51. The summed E-state index contributed by atoms with van der Waals surface area (Å²) in [4.78, 5) is 10.9. The van der Waals surface area contributed by atoms with Crippen LogP contribution in [-0.2, 0) is 0 Å². The first kappa shape index (κ1) is 14.8. The Hall–Kier alpha value is -2.63. The van der Waals surface area contributed by atoms with Crippen molar-refractivity contribution in [2.75, 3.05) is 11.4 Å². The maximum absolute atomic E-state index is 8.69. The number of aryl methyl sites for hydroxylation is 2. The van der Waals surface area contributed by atoms with Gasteiger partial charge in [0.1, 0.15) is 5.84 Å². The number of oxime groups is 1. The number of anilines is 2. The number of para-hydroxylation sites is 1. The number of amidine groups is 1. The third kappa shape index (κ3) is 3.68. The molecule has 0 fully saturated rings. The normalized spacial score (nSPS) is 11.4. The van der Waals surface area contributed by atoms with Gasteiger partial charge in [-0.05, 0) is 26.0 Å². The van der Waals surface area contributed by atoms with E-state index in [2.05, 4.69) is 15.1 Å². The molecule has 2 aromatic rings. The van der Waals surface area contributed by atoms with Crippen molar-refractivity contribution in [1.29, 1.82) is 0 Å². The molecule has 0 unspecified atom stereocenters. The summed E-state index contributed by atoms with van der Waals surface area (Å²) in [6.07, 6.45) is 2.17. The summed E-state index contributed by atoms with van der Waals surface area (Å²) in [7, 11) is 0. The molecule has 2 rings (SSSR count). The second kappa shape index (κ2) is 6.69. The molecule has 0 atom stereocenters. The van der Waals surface area contributed by atoms with Crippen LogP contribution in [0.1, 0.15) is 17.8 Å². The van der Waals surface area contributed by atoms with Gasteiger partial charge >= 0.3 is 0 Å². The summed E-state index contributed by atoms with van der Waals surface area (Å²) in [5, 5.41) is 11.7. The zero-order chi connectivity index (χ0) is 15.2. The first-order chi connectivity index (χ1) is 10.1. The van der Waals surface area contributed by atoms with E-state index in [0.29, 0.717) is 13.0 Å². The van der Waals surface area contributed by atoms with Gasteiger partial charge in [-0.1, -0.05) is 23.4 Å². The van der Waals surface area contributed by atoms with Crippen LogP contribution in [0.25, 0.3) is 0 Å². The highest BCUT2D eigenvalue weighted by molar-refractivity contribution is 5.80.